The Morgan fingerprint density at radius 2 is 1.94 bits per heavy atom. The van der Waals surface area contributed by atoms with Gasteiger partial charge < -0.3 is 9.47 Å². The number of rotatable bonds is 4. The van der Waals surface area contributed by atoms with Crippen LogP contribution in [0.25, 0.3) is 5.57 Å². The summed E-state index contributed by atoms with van der Waals surface area (Å²) in [5, 5.41) is 8.91. The molecular formula is C13H11NO4. The van der Waals surface area contributed by atoms with E-state index in [2.05, 4.69) is 4.74 Å². The summed E-state index contributed by atoms with van der Waals surface area (Å²) in [5.41, 5.74) is 0.912. The van der Waals surface area contributed by atoms with Gasteiger partial charge in [-0.2, -0.15) is 5.26 Å². The summed E-state index contributed by atoms with van der Waals surface area (Å²) in [6, 6.07) is 8.56. The second kappa shape index (κ2) is 6.21. The van der Waals surface area contributed by atoms with Crippen molar-refractivity contribution >= 4 is 18.0 Å². The van der Waals surface area contributed by atoms with Gasteiger partial charge in [-0.1, -0.05) is 12.1 Å². The van der Waals surface area contributed by atoms with Crippen molar-refractivity contribution in [1.29, 1.82) is 5.26 Å². The molecule has 18 heavy (non-hydrogen) atoms. The minimum atomic E-state index is -0.958. The third-order valence-corrected chi connectivity index (χ3v) is 2.37. The molecule has 0 amide bonds. The molecule has 92 valence electrons. The Morgan fingerprint density at radius 1 is 1.33 bits per heavy atom. The summed E-state index contributed by atoms with van der Waals surface area (Å²) in [6.07, 6.45) is 0. The molecule has 0 spiro atoms. The first-order valence-corrected chi connectivity index (χ1v) is 5.04. The number of esters is 1. The monoisotopic (exact) mass is 245 g/mol. The zero-order valence-electron chi connectivity index (χ0n) is 9.97. The lowest BCUT2D eigenvalue weighted by molar-refractivity contribution is -0.147. The van der Waals surface area contributed by atoms with Crippen LogP contribution in [0.3, 0.4) is 0 Å². The fourth-order valence-electron chi connectivity index (χ4n) is 1.37. The van der Waals surface area contributed by atoms with Crippen molar-refractivity contribution in [3.05, 3.63) is 35.4 Å². The highest BCUT2D eigenvalue weighted by Gasteiger charge is 2.15. The first-order valence-electron chi connectivity index (χ1n) is 5.04. The smallest absolute Gasteiger partial charge is 0.356 e. The fourth-order valence-corrected chi connectivity index (χ4v) is 1.37. The van der Waals surface area contributed by atoms with Crippen molar-refractivity contribution in [1.82, 2.24) is 0 Å². The van der Waals surface area contributed by atoms with Gasteiger partial charge in [0.1, 0.15) is 17.4 Å². The number of ether oxygens (including phenoxy) is 2. The molecule has 0 N–H and O–H groups in total. The molecule has 5 nitrogen and oxygen atoms in total. The molecule has 0 unspecified atom stereocenters. The third kappa shape index (κ3) is 2.95. The van der Waals surface area contributed by atoms with Gasteiger partial charge in [0.05, 0.1) is 7.11 Å². The quantitative estimate of drug-likeness (QED) is 0.265. The molecule has 1 rings (SSSR count). The van der Waals surface area contributed by atoms with Crippen LogP contribution in [0, 0.1) is 11.3 Å². The molecule has 0 aliphatic rings. The van der Waals surface area contributed by atoms with Crippen molar-refractivity contribution in [2.75, 3.05) is 7.11 Å². The molecule has 0 atom stereocenters. The Kier molecular flexibility index (Phi) is 4.64. The van der Waals surface area contributed by atoms with E-state index in [-0.39, 0.29) is 12.0 Å². The van der Waals surface area contributed by atoms with Crippen LogP contribution in [0.15, 0.2) is 29.8 Å². The van der Waals surface area contributed by atoms with Crippen LogP contribution in [-0.4, -0.2) is 19.6 Å². The predicted molar refractivity (Wildman–Crippen MR) is 63.4 cm³/mol. The Balaban J connectivity index is 3.14. The highest BCUT2D eigenvalue weighted by Crippen LogP contribution is 2.21. The number of allylic oxidation sites excluding steroid dienone is 1. The van der Waals surface area contributed by atoms with Crippen molar-refractivity contribution < 1.29 is 19.1 Å². The molecule has 0 aromatic heterocycles. The molecule has 0 radical (unpaired) electrons. The Hall–Kier alpha value is -2.61. The van der Waals surface area contributed by atoms with Gasteiger partial charge in [-0.3, -0.25) is 4.79 Å². The van der Waals surface area contributed by atoms with Crippen LogP contribution < -0.4 is 4.74 Å². The molecule has 1 aromatic carbocycles. The van der Waals surface area contributed by atoms with Crippen molar-refractivity contribution in [3.8, 4) is 11.8 Å². The number of methoxy groups -OCH3 is 1. The number of carbonyl (C=O) groups excluding carboxylic acids is 2. The van der Waals surface area contributed by atoms with E-state index in [4.69, 9.17) is 10.00 Å². The van der Waals surface area contributed by atoms with Gasteiger partial charge in [0.2, 0.25) is 0 Å². The Morgan fingerprint density at radius 3 is 2.39 bits per heavy atom. The van der Waals surface area contributed by atoms with Crippen LogP contribution in [0.2, 0.25) is 0 Å². The van der Waals surface area contributed by atoms with E-state index in [0.29, 0.717) is 16.9 Å². The lowest BCUT2D eigenvalue weighted by atomic mass is 10.0. The van der Waals surface area contributed by atoms with E-state index < -0.39 is 5.97 Å². The summed E-state index contributed by atoms with van der Waals surface area (Å²) < 4.78 is 9.16. The van der Waals surface area contributed by atoms with Gasteiger partial charge in [0.15, 0.2) is 0 Å². The molecule has 0 aliphatic heterocycles. The number of hydrogen-bond acceptors (Lipinski definition) is 5. The number of carbonyl (C=O) groups is 2. The number of benzene rings is 1. The molecule has 0 fully saturated rings. The molecule has 0 bridgehead atoms. The van der Waals surface area contributed by atoms with Gasteiger partial charge in [-0.05, 0) is 30.2 Å². The van der Waals surface area contributed by atoms with Crippen molar-refractivity contribution in [2.24, 2.45) is 0 Å². The first-order chi connectivity index (χ1) is 8.63. The van der Waals surface area contributed by atoms with E-state index in [0.717, 1.165) is 0 Å². The van der Waals surface area contributed by atoms with Gasteiger partial charge in [0, 0.05) is 0 Å². The van der Waals surface area contributed by atoms with Crippen LogP contribution in [0.5, 0.6) is 5.75 Å². The highest BCUT2D eigenvalue weighted by molar-refractivity contribution is 6.03. The average Bonchev–Trinajstić information content (AvgIpc) is 2.40. The van der Waals surface area contributed by atoms with Crippen LogP contribution in [0.1, 0.15) is 12.5 Å². The first kappa shape index (κ1) is 13.5. The summed E-state index contributed by atoms with van der Waals surface area (Å²) in [4.78, 5) is 21.4. The van der Waals surface area contributed by atoms with E-state index >= 15 is 0 Å². The maximum atomic E-state index is 11.4. The zero-order valence-corrected chi connectivity index (χ0v) is 9.97. The second-order valence-corrected chi connectivity index (χ2v) is 3.34. The second-order valence-electron chi connectivity index (χ2n) is 3.34. The zero-order chi connectivity index (χ0) is 13.5. The van der Waals surface area contributed by atoms with Crippen LogP contribution in [0.4, 0.5) is 0 Å². The topological polar surface area (TPSA) is 76.4 Å². The standard InChI is InChI=1S/C13H11NO4/c1-9(12(7-14)13(16)18-8-15)10-3-5-11(17-2)6-4-10/h3-6,8H,1-2H3/b12-9+. The molecular weight excluding hydrogens is 234 g/mol. The van der Waals surface area contributed by atoms with Crippen molar-refractivity contribution in [3.63, 3.8) is 0 Å². The van der Waals surface area contributed by atoms with E-state index in [1.807, 2.05) is 0 Å². The normalized spacial score (nSPS) is 10.9. The summed E-state index contributed by atoms with van der Waals surface area (Å²) in [5.74, 6) is -0.290. The van der Waals surface area contributed by atoms with E-state index in [1.165, 1.54) is 0 Å². The Labute approximate surface area is 104 Å². The van der Waals surface area contributed by atoms with Gasteiger partial charge >= 0.3 is 12.4 Å². The van der Waals surface area contributed by atoms with Gasteiger partial charge in [-0.25, -0.2) is 4.79 Å². The maximum absolute atomic E-state index is 11.4. The lowest BCUT2D eigenvalue weighted by Crippen LogP contribution is -2.07. The van der Waals surface area contributed by atoms with Crippen LogP contribution in [-0.2, 0) is 14.3 Å². The van der Waals surface area contributed by atoms with E-state index in [1.54, 1.807) is 44.4 Å². The fraction of sp³-hybridized carbons (Fsp3) is 0.154. The molecule has 0 saturated carbocycles. The minimum absolute atomic E-state index is 0.000967. The molecule has 0 heterocycles. The number of nitrogens with zero attached hydrogens (tertiary/aromatic N) is 1. The van der Waals surface area contributed by atoms with Crippen LogP contribution >= 0.6 is 0 Å². The number of nitriles is 1. The lowest BCUT2D eigenvalue weighted by Gasteiger charge is -2.05. The molecule has 0 aliphatic carbocycles. The maximum Gasteiger partial charge on any atom is 0.356 e. The number of hydrogen-bond donors (Lipinski definition) is 0. The molecule has 0 saturated heterocycles. The van der Waals surface area contributed by atoms with E-state index in [9.17, 15) is 9.59 Å². The summed E-state index contributed by atoms with van der Waals surface area (Å²) in [6.45, 7) is 1.60. The SMILES string of the molecule is COc1ccc(/C(C)=C(\C#N)C(=O)OC=O)cc1. The highest BCUT2D eigenvalue weighted by atomic mass is 16.6. The third-order valence-electron chi connectivity index (χ3n) is 2.37. The molecule has 5 heteroatoms. The Bertz CT molecular complexity index is 523. The summed E-state index contributed by atoms with van der Waals surface area (Å²) >= 11 is 0. The van der Waals surface area contributed by atoms with Crippen molar-refractivity contribution in [2.45, 2.75) is 6.92 Å². The molecule has 1 aromatic rings. The largest absolute Gasteiger partial charge is 0.497 e. The minimum Gasteiger partial charge on any atom is -0.497 e. The van der Waals surface area contributed by atoms with Gasteiger partial charge in [-0.15, -0.1) is 0 Å². The average molecular weight is 245 g/mol. The predicted octanol–water partition coefficient (Wildman–Crippen LogP) is 1.69. The summed E-state index contributed by atoms with van der Waals surface area (Å²) in [7, 11) is 1.54. The van der Waals surface area contributed by atoms with Gasteiger partial charge in [0.25, 0.3) is 0 Å².